The van der Waals surface area contributed by atoms with Crippen molar-refractivity contribution in [3.8, 4) is 0 Å². The van der Waals surface area contributed by atoms with Crippen molar-refractivity contribution in [3.63, 3.8) is 0 Å². The molecule has 4 nitrogen and oxygen atoms in total. The number of rotatable bonds is 5. The summed E-state index contributed by atoms with van der Waals surface area (Å²) in [6.45, 7) is 5.57. The zero-order valence-electron chi connectivity index (χ0n) is 8.28. The molecular weight excluding hydrogens is 170 g/mol. The fraction of sp³-hybridized carbons (Fsp3) is 0.889. The smallest absolute Gasteiger partial charge is 0.224 e. The first-order chi connectivity index (χ1) is 6.24. The van der Waals surface area contributed by atoms with Crippen LogP contribution in [0.2, 0.25) is 0 Å². The zero-order valence-corrected chi connectivity index (χ0v) is 8.28. The van der Waals surface area contributed by atoms with Crippen LogP contribution in [0.15, 0.2) is 0 Å². The Labute approximate surface area is 78.8 Å². The number of carbonyl (C=O) groups excluding carboxylic acids is 1. The van der Waals surface area contributed by atoms with Gasteiger partial charge in [0, 0.05) is 19.6 Å². The van der Waals surface area contributed by atoms with Gasteiger partial charge in [-0.05, 0) is 20.3 Å². The molecule has 0 spiro atoms. The summed E-state index contributed by atoms with van der Waals surface area (Å²) in [7, 11) is 0. The first kappa shape index (κ1) is 10.5. The van der Waals surface area contributed by atoms with Gasteiger partial charge in [-0.3, -0.25) is 4.79 Å². The molecule has 0 N–H and O–H groups in total. The maximum absolute atomic E-state index is 11.1. The molecule has 1 aliphatic heterocycles. The Morgan fingerprint density at radius 3 is 2.85 bits per heavy atom. The summed E-state index contributed by atoms with van der Waals surface area (Å²) in [6, 6.07) is 0. The standard InChI is InChI=1S/C9H17NO3/c1-3-12-8(2)13-7-10-6-4-5-9(10)11/h8H,3-7H2,1-2H3. The predicted octanol–water partition coefficient (Wildman–Crippen LogP) is 0.965. The van der Waals surface area contributed by atoms with E-state index >= 15 is 0 Å². The van der Waals surface area contributed by atoms with Gasteiger partial charge in [0.05, 0.1) is 0 Å². The van der Waals surface area contributed by atoms with Crippen molar-refractivity contribution in [2.75, 3.05) is 19.9 Å². The van der Waals surface area contributed by atoms with Gasteiger partial charge in [-0.15, -0.1) is 0 Å². The molecule has 0 saturated carbocycles. The van der Waals surface area contributed by atoms with Crippen LogP contribution in [0.3, 0.4) is 0 Å². The lowest BCUT2D eigenvalue weighted by molar-refractivity contribution is -0.161. The van der Waals surface area contributed by atoms with Gasteiger partial charge in [-0.25, -0.2) is 0 Å². The summed E-state index contributed by atoms with van der Waals surface area (Å²) in [5.41, 5.74) is 0. The molecule has 1 fully saturated rings. The third kappa shape index (κ3) is 3.32. The minimum Gasteiger partial charge on any atom is -0.353 e. The molecule has 1 saturated heterocycles. The van der Waals surface area contributed by atoms with Gasteiger partial charge in [-0.1, -0.05) is 0 Å². The average Bonchev–Trinajstić information content (AvgIpc) is 2.48. The van der Waals surface area contributed by atoms with Crippen LogP contribution < -0.4 is 0 Å². The number of ether oxygens (including phenoxy) is 2. The Morgan fingerprint density at radius 2 is 2.31 bits per heavy atom. The molecule has 1 heterocycles. The average molecular weight is 187 g/mol. The van der Waals surface area contributed by atoms with Crippen molar-refractivity contribution in [2.45, 2.75) is 33.0 Å². The third-order valence-corrected chi connectivity index (χ3v) is 2.04. The maximum Gasteiger partial charge on any atom is 0.224 e. The van der Waals surface area contributed by atoms with E-state index in [1.54, 1.807) is 4.90 Å². The maximum atomic E-state index is 11.1. The Hall–Kier alpha value is -0.610. The van der Waals surface area contributed by atoms with E-state index in [2.05, 4.69) is 0 Å². The lowest BCUT2D eigenvalue weighted by Crippen LogP contribution is -2.30. The van der Waals surface area contributed by atoms with Crippen molar-refractivity contribution in [1.29, 1.82) is 0 Å². The van der Waals surface area contributed by atoms with E-state index in [9.17, 15) is 4.79 Å². The molecule has 13 heavy (non-hydrogen) atoms. The second-order valence-electron chi connectivity index (χ2n) is 3.08. The van der Waals surface area contributed by atoms with Crippen molar-refractivity contribution in [2.24, 2.45) is 0 Å². The van der Waals surface area contributed by atoms with E-state index in [1.807, 2.05) is 13.8 Å². The molecule has 1 rings (SSSR count). The predicted molar refractivity (Wildman–Crippen MR) is 48.0 cm³/mol. The number of likely N-dealkylation sites (tertiary alicyclic amines) is 1. The molecule has 1 unspecified atom stereocenters. The molecule has 0 aliphatic carbocycles. The van der Waals surface area contributed by atoms with Crippen molar-refractivity contribution >= 4 is 5.91 Å². The summed E-state index contributed by atoms with van der Waals surface area (Å²) < 4.78 is 10.5. The largest absolute Gasteiger partial charge is 0.353 e. The Bertz CT molecular complexity index is 172. The normalized spacial score (nSPS) is 19.5. The van der Waals surface area contributed by atoms with Crippen molar-refractivity contribution in [1.82, 2.24) is 4.90 Å². The first-order valence-electron chi connectivity index (χ1n) is 4.75. The van der Waals surface area contributed by atoms with Crippen LogP contribution in [0.1, 0.15) is 26.7 Å². The first-order valence-corrected chi connectivity index (χ1v) is 4.75. The minimum atomic E-state index is -0.224. The zero-order chi connectivity index (χ0) is 9.68. The molecule has 0 aromatic rings. The molecule has 1 atom stereocenters. The molecule has 1 aliphatic rings. The van der Waals surface area contributed by atoms with E-state index in [4.69, 9.17) is 9.47 Å². The van der Waals surface area contributed by atoms with Crippen LogP contribution in [-0.4, -0.2) is 37.0 Å². The highest BCUT2D eigenvalue weighted by Gasteiger charge is 2.20. The van der Waals surface area contributed by atoms with Gasteiger partial charge in [0.15, 0.2) is 6.29 Å². The number of hydrogen-bond acceptors (Lipinski definition) is 3. The monoisotopic (exact) mass is 187 g/mol. The van der Waals surface area contributed by atoms with E-state index < -0.39 is 0 Å². The van der Waals surface area contributed by atoms with Gasteiger partial charge < -0.3 is 14.4 Å². The van der Waals surface area contributed by atoms with Crippen LogP contribution in [-0.2, 0) is 14.3 Å². The van der Waals surface area contributed by atoms with E-state index in [0.29, 0.717) is 19.8 Å². The summed E-state index contributed by atoms with van der Waals surface area (Å²) in [6.07, 6.45) is 1.39. The summed E-state index contributed by atoms with van der Waals surface area (Å²) in [4.78, 5) is 12.9. The summed E-state index contributed by atoms with van der Waals surface area (Å²) in [5, 5.41) is 0. The molecule has 0 radical (unpaired) electrons. The van der Waals surface area contributed by atoms with Crippen LogP contribution in [0.4, 0.5) is 0 Å². The second-order valence-corrected chi connectivity index (χ2v) is 3.08. The highest BCUT2D eigenvalue weighted by molar-refractivity contribution is 5.77. The minimum absolute atomic E-state index is 0.184. The lowest BCUT2D eigenvalue weighted by Gasteiger charge is -2.19. The topological polar surface area (TPSA) is 38.8 Å². The molecule has 1 amide bonds. The SMILES string of the molecule is CCOC(C)OCN1CCCC1=O. The van der Waals surface area contributed by atoms with Crippen LogP contribution >= 0.6 is 0 Å². The fourth-order valence-electron chi connectivity index (χ4n) is 1.32. The van der Waals surface area contributed by atoms with E-state index in [-0.39, 0.29) is 12.2 Å². The van der Waals surface area contributed by atoms with Crippen molar-refractivity contribution < 1.29 is 14.3 Å². The fourth-order valence-corrected chi connectivity index (χ4v) is 1.32. The molecular formula is C9H17NO3. The quantitative estimate of drug-likeness (QED) is 0.602. The van der Waals surface area contributed by atoms with Crippen LogP contribution in [0.25, 0.3) is 0 Å². The number of hydrogen-bond donors (Lipinski definition) is 0. The van der Waals surface area contributed by atoms with Crippen LogP contribution in [0, 0.1) is 0 Å². The molecule has 0 aromatic heterocycles. The molecule has 0 bridgehead atoms. The highest BCUT2D eigenvalue weighted by atomic mass is 16.7. The Kier molecular flexibility index (Phi) is 4.18. The van der Waals surface area contributed by atoms with Gasteiger partial charge in [-0.2, -0.15) is 0 Å². The Balaban J connectivity index is 2.14. The lowest BCUT2D eigenvalue weighted by atomic mass is 10.4. The van der Waals surface area contributed by atoms with Gasteiger partial charge >= 0.3 is 0 Å². The summed E-state index contributed by atoms with van der Waals surface area (Å²) >= 11 is 0. The van der Waals surface area contributed by atoms with Gasteiger partial charge in [0.25, 0.3) is 0 Å². The highest BCUT2D eigenvalue weighted by Crippen LogP contribution is 2.09. The second kappa shape index (κ2) is 5.19. The number of amides is 1. The molecule has 4 heteroatoms. The number of carbonyl (C=O) groups is 1. The molecule has 76 valence electrons. The number of nitrogens with zero attached hydrogens (tertiary/aromatic N) is 1. The van der Waals surface area contributed by atoms with E-state index in [1.165, 1.54) is 0 Å². The van der Waals surface area contributed by atoms with Crippen molar-refractivity contribution in [3.05, 3.63) is 0 Å². The molecule has 0 aromatic carbocycles. The van der Waals surface area contributed by atoms with Crippen LogP contribution in [0.5, 0.6) is 0 Å². The summed E-state index contributed by atoms with van der Waals surface area (Å²) in [5.74, 6) is 0.184. The Morgan fingerprint density at radius 1 is 1.54 bits per heavy atom. The third-order valence-electron chi connectivity index (χ3n) is 2.04. The van der Waals surface area contributed by atoms with Gasteiger partial charge in [0.1, 0.15) is 6.73 Å². The van der Waals surface area contributed by atoms with Gasteiger partial charge in [0.2, 0.25) is 5.91 Å². The van der Waals surface area contributed by atoms with E-state index in [0.717, 1.165) is 13.0 Å².